The fourth-order valence-electron chi connectivity index (χ4n) is 3.19. The van der Waals surface area contributed by atoms with Crippen LogP contribution in [0.25, 0.3) is 0 Å². The molecule has 1 aliphatic rings. The molecule has 33 heavy (non-hydrogen) atoms. The van der Waals surface area contributed by atoms with Crippen molar-refractivity contribution < 1.29 is 37.8 Å². The topological polar surface area (TPSA) is 120 Å². The van der Waals surface area contributed by atoms with Gasteiger partial charge in [0.05, 0.1) is 30.0 Å². The quantitative estimate of drug-likeness (QED) is 0.428. The Balaban J connectivity index is 2.26. The molecule has 11 heteroatoms. The Morgan fingerprint density at radius 1 is 1.00 bits per heavy atom. The summed E-state index contributed by atoms with van der Waals surface area (Å²) in [6, 6.07) is 3.64. The number of halogens is 2. The van der Waals surface area contributed by atoms with Gasteiger partial charge in [-0.3, -0.25) is 9.59 Å². The van der Waals surface area contributed by atoms with Gasteiger partial charge in [0.2, 0.25) is 0 Å². The summed E-state index contributed by atoms with van der Waals surface area (Å²) in [5.74, 6) is -5.79. The number of carbonyl (C=O) groups excluding carboxylic acids is 4. The zero-order chi connectivity index (χ0) is 24.7. The number of hydrogen-bond donors (Lipinski definition) is 2. The van der Waals surface area contributed by atoms with E-state index in [1.165, 1.54) is 26.0 Å². The molecule has 2 N–H and O–H groups in total. The van der Waals surface area contributed by atoms with Crippen molar-refractivity contribution in [3.05, 3.63) is 51.6 Å². The van der Waals surface area contributed by atoms with Crippen molar-refractivity contribution >= 4 is 41.1 Å². The minimum Gasteiger partial charge on any atom is -0.463 e. The van der Waals surface area contributed by atoms with Gasteiger partial charge in [-0.2, -0.15) is 0 Å². The van der Waals surface area contributed by atoms with Gasteiger partial charge in [0.1, 0.15) is 11.7 Å². The first-order valence-corrected chi connectivity index (χ1v) is 10.4. The number of allylic oxidation sites excluding steroid dienone is 2. The summed E-state index contributed by atoms with van der Waals surface area (Å²) in [7, 11) is 0. The normalized spacial score (nSPS) is 13.9. The summed E-state index contributed by atoms with van der Waals surface area (Å²) in [4.78, 5) is 50.3. The van der Waals surface area contributed by atoms with Crippen LogP contribution in [-0.2, 0) is 33.4 Å². The number of benzene rings is 1. The van der Waals surface area contributed by atoms with Crippen LogP contribution in [0.5, 0.6) is 0 Å². The van der Waals surface area contributed by atoms with Crippen LogP contribution in [0.2, 0.25) is 5.02 Å². The monoisotopic (exact) mass is 482 g/mol. The van der Waals surface area contributed by atoms with Crippen molar-refractivity contribution in [2.75, 3.05) is 25.1 Å². The molecule has 0 fully saturated rings. The molecule has 1 aliphatic heterocycles. The largest absolute Gasteiger partial charge is 0.463 e. The van der Waals surface area contributed by atoms with Gasteiger partial charge < -0.3 is 24.8 Å². The van der Waals surface area contributed by atoms with E-state index in [2.05, 4.69) is 10.6 Å². The number of dihydropyridines is 1. The Morgan fingerprint density at radius 2 is 1.55 bits per heavy atom. The zero-order valence-electron chi connectivity index (χ0n) is 18.5. The van der Waals surface area contributed by atoms with Gasteiger partial charge in [0.15, 0.2) is 6.61 Å². The molecule has 2 rings (SSSR count). The molecule has 0 radical (unpaired) electrons. The van der Waals surface area contributed by atoms with E-state index >= 15 is 0 Å². The predicted molar refractivity (Wildman–Crippen MR) is 116 cm³/mol. The van der Waals surface area contributed by atoms with Crippen LogP contribution in [0.1, 0.15) is 27.7 Å². The Labute approximate surface area is 194 Å². The van der Waals surface area contributed by atoms with Crippen molar-refractivity contribution in [2.45, 2.75) is 27.7 Å². The van der Waals surface area contributed by atoms with Gasteiger partial charge in [-0.25, -0.2) is 14.0 Å². The number of ether oxygens (including phenoxy) is 3. The Kier molecular flexibility index (Phi) is 8.98. The molecule has 0 aromatic heterocycles. The van der Waals surface area contributed by atoms with E-state index in [0.29, 0.717) is 0 Å². The van der Waals surface area contributed by atoms with E-state index in [4.69, 9.17) is 25.8 Å². The zero-order valence-corrected chi connectivity index (χ0v) is 19.3. The molecule has 0 spiro atoms. The Bertz CT molecular complexity index is 996. The van der Waals surface area contributed by atoms with Crippen molar-refractivity contribution in [2.24, 2.45) is 5.92 Å². The van der Waals surface area contributed by atoms with Gasteiger partial charge in [-0.05, 0) is 45.9 Å². The van der Waals surface area contributed by atoms with Crippen LogP contribution in [0.15, 0.2) is 40.7 Å². The lowest BCUT2D eigenvalue weighted by molar-refractivity contribution is -0.153. The predicted octanol–water partition coefficient (Wildman–Crippen LogP) is 2.85. The summed E-state index contributed by atoms with van der Waals surface area (Å²) < 4.78 is 29.0. The first kappa shape index (κ1) is 25.9. The van der Waals surface area contributed by atoms with Crippen LogP contribution < -0.4 is 10.6 Å². The van der Waals surface area contributed by atoms with E-state index in [1.54, 1.807) is 13.8 Å². The molecule has 0 aliphatic carbocycles. The highest BCUT2D eigenvalue weighted by atomic mass is 35.5. The number of amides is 1. The number of anilines is 1. The second-order valence-electron chi connectivity index (χ2n) is 6.86. The molecule has 1 aromatic rings. The van der Waals surface area contributed by atoms with Crippen LogP contribution in [-0.4, -0.2) is 43.6 Å². The fraction of sp³-hybridized carbons (Fsp3) is 0.364. The van der Waals surface area contributed by atoms with Crippen molar-refractivity contribution in [1.82, 2.24) is 5.32 Å². The minimum atomic E-state index is -1.48. The Morgan fingerprint density at radius 3 is 2.03 bits per heavy atom. The van der Waals surface area contributed by atoms with Gasteiger partial charge in [0, 0.05) is 16.4 Å². The lowest BCUT2D eigenvalue weighted by atomic mass is 9.85. The van der Waals surface area contributed by atoms with E-state index in [-0.39, 0.29) is 46.5 Å². The second-order valence-corrected chi connectivity index (χ2v) is 7.29. The standard InChI is InChI=1S/C22H24ClFN2O7/c1-5-31-20(28)17-11(3)25-12(4)18(21(29)32-6-2)19(17)22(30)33-10-16(27)26-15-8-7-13(23)9-14(15)24/h7-9,19,25H,5-6,10H2,1-4H3,(H,26,27). The molecule has 0 atom stereocenters. The lowest BCUT2D eigenvalue weighted by Gasteiger charge is -2.28. The molecule has 178 valence electrons. The van der Waals surface area contributed by atoms with Gasteiger partial charge in [-0.15, -0.1) is 0 Å². The molecule has 1 amide bonds. The molecule has 0 saturated carbocycles. The van der Waals surface area contributed by atoms with Crippen LogP contribution in [0.4, 0.5) is 10.1 Å². The van der Waals surface area contributed by atoms with Crippen molar-refractivity contribution in [1.29, 1.82) is 0 Å². The number of nitrogens with one attached hydrogen (secondary N) is 2. The van der Waals surface area contributed by atoms with Crippen molar-refractivity contribution in [3.63, 3.8) is 0 Å². The Hall–Kier alpha value is -3.40. The van der Waals surface area contributed by atoms with E-state index in [1.807, 2.05) is 0 Å². The first-order chi connectivity index (χ1) is 15.6. The molecular weight excluding hydrogens is 459 g/mol. The van der Waals surface area contributed by atoms with E-state index < -0.39 is 42.2 Å². The summed E-state index contributed by atoms with van der Waals surface area (Å²) in [6.07, 6.45) is 0. The van der Waals surface area contributed by atoms with E-state index in [9.17, 15) is 23.6 Å². The fourth-order valence-corrected chi connectivity index (χ4v) is 3.34. The van der Waals surface area contributed by atoms with Crippen molar-refractivity contribution in [3.8, 4) is 0 Å². The molecule has 1 heterocycles. The molecule has 0 saturated heterocycles. The average Bonchev–Trinajstić information content (AvgIpc) is 2.73. The molecule has 0 unspecified atom stereocenters. The lowest BCUT2D eigenvalue weighted by Crippen LogP contribution is -2.39. The number of carbonyl (C=O) groups is 4. The third-order valence-corrected chi connectivity index (χ3v) is 4.77. The minimum absolute atomic E-state index is 0.0316. The summed E-state index contributed by atoms with van der Waals surface area (Å²) in [5.41, 5.74) is 0.134. The summed E-state index contributed by atoms with van der Waals surface area (Å²) in [6.45, 7) is 5.51. The number of hydrogen-bond acceptors (Lipinski definition) is 8. The molecular formula is C22H24ClFN2O7. The van der Waals surface area contributed by atoms with Gasteiger partial charge in [0.25, 0.3) is 5.91 Å². The van der Waals surface area contributed by atoms with Crippen LogP contribution in [0.3, 0.4) is 0 Å². The number of esters is 3. The molecule has 9 nitrogen and oxygen atoms in total. The maximum atomic E-state index is 13.9. The summed E-state index contributed by atoms with van der Waals surface area (Å²) in [5, 5.41) is 5.27. The number of rotatable bonds is 8. The maximum Gasteiger partial charge on any atom is 0.337 e. The summed E-state index contributed by atoms with van der Waals surface area (Å²) >= 11 is 5.68. The highest BCUT2D eigenvalue weighted by molar-refractivity contribution is 6.30. The van der Waals surface area contributed by atoms with E-state index in [0.717, 1.165) is 6.07 Å². The SMILES string of the molecule is CCOC(=O)C1=C(C)NC(C)=C(C(=O)OCC)C1C(=O)OCC(=O)Nc1ccc(Cl)cc1F. The molecule has 1 aromatic carbocycles. The van der Waals surface area contributed by atoms with Crippen LogP contribution >= 0.6 is 11.6 Å². The second kappa shape index (κ2) is 11.5. The third kappa shape index (κ3) is 6.32. The molecule has 0 bridgehead atoms. The van der Waals surface area contributed by atoms with Crippen LogP contribution in [0, 0.1) is 11.7 Å². The smallest absolute Gasteiger partial charge is 0.337 e. The van der Waals surface area contributed by atoms with Gasteiger partial charge >= 0.3 is 17.9 Å². The highest BCUT2D eigenvalue weighted by Gasteiger charge is 2.42. The third-order valence-electron chi connectivity index (χ3n) is 4.54. The highest BCUT2D eigenvalue weighted by Crippen LogP contribution is 2.32. The van der Waals surface area contributed by atoms with Gasteiger partial charge in [-0.1, -0.05) is 11.6 Å². The average molecular weight is 483 g/mol. The first-order valence-electron chi connectivity index (χ1n) is 10.0. The maximum absolute atomic E-state index is 13.9.